The minimum absolute atomic E-state index is 0.152. The van der Waals surface area contributed by atoms with E-state index >= 15 is 0 Å². The van der Waals surface area contributed by atoms with Crippen molar-refractivity contribution in [3.8, 4) is 0 Å². The maximum Gasteiger partial charge on any atom is 0.490 e. The van der Waals surface area contributed by atoms with Gasteiger partial charge in [-0.3, -0.25) is 0 Å². The molecule has 138 valence electrons. The summed E-state index contributed by atoms with van der Waals surface area (Å²) in [7, 11) is 0. The summed E-state index contributed by atoms with van der Waals surface area (Å²) in [6.45, 7) is 4.96. The number of carbonyl (C=O) groups is 1. The normalized spacial score (nSPS) is 16.7. The van der Waals surface area contributed by atoms with Crippen LogP contribution in [-0.2, 0) is 29.2 Å². The molecule has 3 heterocycles. The number of halogens is 3. The van der Waals surface area contributed by atoms with Gasteiger partial charge in [-0.25, -0.2) is 14.5 Å². The molecule has 0 saturated carbocycles. The molecular weight excluding hydrogens is 363 g/mol. The average Bonchev–Trinajstić information content (AvgIpc) is 3.15. The van der Waals surface area contributed by atoms with Crippen LogP contribution in [-0.4, -0.2) is 49.9 Å². The number of carboxylic acid groups (broad SMARTS) is 1. The lowest BCUT2D eigenvalue weighted by Gasteiger charge is -2.23. The van der Waals surface area contributed by atoms with Gasteiger partial charge in [0.2, 0.25) is 0 Å². The number of aliphatic carboxylic acids is 1. The van der Waals surface area contributed by atoms with Gasteiger partial charge in [0.1, 0.15) is 0 Å². The topological polar surface area (TPSA) is 102 Å². The largest absolute Gasteiger partial charge is 0.490 e. The summed E-state index contributed by atoms with van der Waals surface area (Å²) in [6.07, 6.45) is -3.18. The Labute approximate surface area is 144 Å². The molecule has 2 N–H and O–H groups in total. The second-order valence-electron chi connectivity index (χ2n) is 5.13. The van der Waals surface area contributed by atoms with E-state index in [2.05, 4.69) is 26.0 Å². The Balaban J connectivity index is 0.000000277. The van der Waals surface area contributed by atoms with E-state index in [1.165, 1.54) is 0 Å². The molecule has 1 atom stereocenters. The van der Waals surface area contributed by atoms with Crippen molar-refractivity contribution in [2.75, 3.05) is 6.54 Å². The maximum atomic E-state index is 10.6. The summed E-state index contributed by atoms with van der Waals surface area (Å²) in [5.41, 5.74) is 2.14. The summed E-state index contributed by atoms with van der Waals surface area (Å²) in [5, 5.41) is 21.6. The Morgan fingerprint density at radius 2 is 2.28 bits per heavy atom. The predicted octanol–water partition coefficient (Wildman–Crippen LogP) is 1.36. The Morgan fingerprint density at radius 1 is 1.56 bits per heavy atom. The lowest BCUT2D eigenvalue weighted by atomic mass is 10.3. The second-order valence-corrected chi connectivity index (χ2v) is 6.19. The van der Waals surface area contributed by atoms with Crippen LogP contribution in [0.5, 0.6) is 0 Å². The molecule has 1 aliphatic rings. The number of nitrogens with zero attached hydrogens (tertiary/aromatic N) is 4. The van der Waals surface area contributed by atoms with Crippen LogP contribution in [0.1, 0.15) is 16.4 Å². The van der Waals surface area contributed by atoms with Crippen LogP contribution in [0, 0.1) is 6.92 Å². The second kappa shape index (κ2) is 8.36. The number of hydrogen-bond acceptors (Lipinski definition) is 7. The van der Waals surface area contributed by atoms with Crippen molar-refractivity contribution in [3.63, 3.8) is 0 Å². The van der Waals surface area contributed by atoms with Crippen molar-refractivity contribution in [2.24, 2.45) is 0 Å². The fourth-order valence-electron chi connectivity index (χ4n) is 1.97. The van der Waals surface area contributed by atoms with E-state index in [0.717, 1.165) is 36.0 Å². The van der Waals surface area contributed by atoms with Crippen molar-refractivity contribution in [3.05, 3.63) is 28.0 Å². The Hall–Kier alpha value is -2.05. The molecule has 1 unspecified atom stereocenters. The van der Waals surface area contributed by atoms with Crippen molar-refractivity contribution >= 4 is 17.3 Å². The van der Waals surface area contributed by atoms with Crippen LogP contribution in [0.4, 0.5) is 13.2 Å². The number of nitrogens with one attached hydrogen (secondary N) is 1. The van der Waals surface area contributed by atoms with Crippen LogP contribution in [0.25, 0.3) is 0 Å². The van der Waals surface area contributed by atoms with Crippen LogP contribution in [0.2, 0.25) is 0 Å². The zero-order chi connectivity index (χ0) is 18.4. The Morgan fingerprint density at radius 3 is 2.88 bits per heavy atom. The van der Waals surface area contributed by atoms with Crippen molar-refractivity contribution in [1.82, 2.24) is 25.3 Å². The van der Waals surface area contributed by atoms with Crippen molar-refractivity contribution in [2.45, 2.75) is 38.9 Å². The number of thiazole rings is 1. The zero-order valence-corrected chi connectivity index (χ0v) is 14.0. The summed E-state index contributed by atoms with van der Waals surface area (Å²) in [6, 6.07) is 0. The maximum absolute atomic E-state index is 10.6. The molecule has 2 aromatic heterocycles. The molecule has 0 amide bonds. The molecule has 0 bridgehead atoms. The number of aromatic nitrogens is 4. The van der Waals surface area contributed by atoms with Crippen LogP contribution in [0.15, 0.2) is 11.6 Å². The SMILES string of the molecule is Cc1nc(CNCC2Cn3nncc3CO2)cs1.O=C(O)C(F)(F)F. The molecule has 0 aliphatic carbocycles. The highest BCUT2D eigenvalue weighted by molar-refractivity contribution is 7.09. The highest BCUT2D eigenvalue weighted by Crippen LogP contribution is 2.13. The number of fused-ring (bicyclic) bond motifs is 1. The number of alkyl halides is 3. The summed E-state index contributed by atoms with van der Waals surface area (Å²) in [4.78, 5) is 13.3. The van der Waals surface area contributed by atoms with Gasteiger partial charge in [-0.05, 0) is 6.92 Å². The molecule has 25 heavy (non-hydrogen) atoms. The molecule has 12 heteroatoms. The van der Waals surface area contributed by atoms with Gasteiger partial charge in [0.05, 0.1) is 41.8 Å². The van der Waals surface area contributed by atoms with E-state index in [-0.39, 0.29) is 6.10 Å². The summed E-state index contributed by atoms with van der Waals surface area (Å²) >= 11 is 1.68. The average molecular weight is 379 g/mol. The monoisotopic (exact) mass is 379 g/mol. The third-order valence-corrected chi connectivity index (χ3v) is 3.95. The van der Waals surface area contributed by atoms with E-state index in [9.17, 15) is 13.2 Å². The van der Waals surface area contributed by atoms with E-state index < -0.39 is 12.1 Å². The van der Waals surface area contributed by atoms with Crippen LogP contribution < -0.4 is 5.32 Å². The first kappa shape index (κ1) is 19.3. The van der Waals surface area contributed by atoms with E-state index in [4.69, 9.17) is 14.6 Å². The first-order chi connectivity index (χ1) is 11.8. The molecular formula is C13H16F3N5O3S. The van der Waals surface area contributed by atoms with Crippen LogP contribution in [0.3, 0.4) is 0 Å². The lowest BCUT2D eigenvalue weighted by molar-refractivity contribution is -0.192. The molecule has 0 radical (unpaired) electrons. The fourth-order valence-corrected chi connectivity index (χ4v) is 2.58. The quantitative estimate of drug-likeness (QED) is 0.827. The lowest BCUT2D eigenvalue weighted by Crippen LogP contribution is -2.36. The Bertz CT molecular complexity index is 703. The highest BCUT2D eigenvalue weighted by atomic mass is 32.1. The van der Waals surface area contributed by atoms with Gasteiger partial charge in [0.25, 0.3) is 0 Å². The molecule has 3 rings (SSSR count). The van der Waals surface area contributed by atoms with Crippen LogP contribution >= 0.6 is 11.3 Å². The molecule has 2 aromatic rings. The van der Waals surface area contributed by atoms with E-state index in [1.54, 1.807) is 17.5 Å². The molecule has 0 fully saturated rings. The van der Waals surface area contributed by atoms with Gasteiger partial charge in [-0.2, -0.15) is 13.2 Å². The first-order valence-electron chi connectivity index (χ1n) is 7.16. The van der Waals surface area contributed by atoms with Gasteiger partial charge in [0.15, 0.2) is 0 Å². The van der Waals surface area contributed by atoms with Gasteiger partial charge in [-0.1, -0.05) is 5.21 Å². The zero-order valence-electron chi connectivity index (χ0n) is 13.2. The smallest absolute Gasteiger partial charge is 0.475 e. The number of hydrogen-bond donors (Lipinski definition) is 2. The molecule has 1 aliphatic heterocycles. The van der Waals surface area contributed by atoms with Gasteiger partial charge >= 0.3 is 12.1 Å². The summed E-state index contributed by atoms with van der Waals surface area (Å²) in [5.74, 6) is -2.76. The standard InChI is InChI=1S/C11H15N5OS.C2HF3O2/c1-8-14-9(7-18-8)2-12-4-11-5-16-10(6-17-11)3-13-15-16;3-2(4,5)1(6)7/h3,7,11-12H,2,4-6H2,1H3;(H,6,7). The number of carboxylic acids is 1. The van der Waals surface area contributed by atoms with Gasteiger partial charge in [0, 0.05) is 18.5 Å². The molecule has 0 aromatic carbocycles. The van der Waals surface area contributed by atoms with Gasteiger partial charge in [-0.15, -0.1) is 16.4 Å². The minimum Gasteiger partial charge on any atom is -0.475 e. The van der Waals surface area contributed by atoms with E-state index in [0.29, 0.717) is 6.61 Å². The number of rotatable bonds is 4. The number of ether oxygens (including phenoxy) is 1. The van der Waals surface area contributed by atoms with Crippen molar-refractivity contribution in [1.29, 1.82) is 0 Å². The molecule has 0 spiro atoms. The fraction of sp³-hybridized carbons (Fsp3) is 0.538. The third kappa shape index (κ3) is 6.07. The minimum atomic E-state index is -5.08. The van der Waals surface area contributed by atoms with E-state index in [1.807, 2.05) is 11.6 Å². The predicted molar refractivity (Wildman–Crippen MR) is 80.8 cm³/mol. The highest BCUT2D eigenvalue weighted by Gasteiger charge is 2.38. The third-order valence-electron chi connectivity index (χ3n) is 3.13. The summed E-state index contributed by atoms with van der Waals surface area (Å²) < 4.78 is 39.4. The molecule has 0 saturated heterocycles. The van der Waals surface area contributed by atoms with Gasteiger partial charge < -0.3 is 15.2 Å². The number of aryl methyl sites for hydroxylation is 1. The Kier molecular flexibility index (Phi) is 6.45. The molecule has 8 nitrogen and oxygen atoms in total. The first-order valence-corrected chi connectivity index (χ1v) is 8.04. The van der Waals surface area contributed by atoms with Crippen molar-refractivity contribution < 1.29 is 27.8 Å².